The number of benzene rings is 1. The van der Waals surface area contributed by atoms with E-state index < -0.39 is 0 Å². The normalized spacial score (nSPS) is 22.6. The summed E-state index contributed by atoms with van der Waals surface area (Å²) in [6, 6.07) is 8.57. The van der Waals surface area contributed by atoms with Crippen LogP contribution in [0.2, 0.25) is 0 Å². The van der Waals surface area contributed by atoms with E-state index >= 15 is 0 Å². The molecule has 0 spiro atoms. The van der Waals surface area contributed by atoms with Crippen LogP contribution < -0.4 is 5.32 Å². The van der Waals surface area contributed by atoms with E-state index in [9.17, 15) is 4.79 Å². The van der Waals surface area contributed by atoms with E-state index in [1.807, 2.05) is 7.05 Å². The molecule has 1 aromatic rings. The molecule has 0 bridgehead atoms. The summed E-state index contributed by atoms with van der Waals surface area (Å²) in [7, 11) is 1.95. The number of amides is 1. The number of hydrogen-bond acceptors (Lipinski definition) is 3. The molecule has 1 aliphatic rings. The molecule has 1 aromatic carbocycles. The van der Waals surface area contributed by atoms with Gasteiger partial charge in [-0.25, -0.2) is 0 Å². The summed E-state index contributed by atoms with van der Waals surface area (Å²) in [5.41, 5.74) is 2.51. The number of carbonyl (C=O) groups is 1. The van der Waals surface area contributed by atoms with Gasteiger partial charge in [0, 0.05) is 6.54 Å². The van der Waals surface area contributed by atoms with Gasteiger partial charge < -0.3 is 10.2 Å². The van der Waals surface area contributed by atoms with E-state index in [0.717, 1.165) is 25.9 Å². The van der Waals surface area contributed by atoms with Crippen LogP contribution in [0.5, 0.6) is 0 Å². The first kappa shape index (κ1) is 15.4. The summed E-state index contributed by atoms with van der Waals surface area (Å²) in [6.45, 7) is 5.97. The highest BCUT2D eigenvalue weighted by Gasteiger charge is 2.39. The zero-order valence-corrected chi connectivity index (χ0v) is 13.4. The van der Waals surface area contributed by atoms with E-state index in [1.165, 1.54) is 11.1 Å². The maximum atomic E-state index is 12.5. The quantitative estimate of drug-likeness (QED) is 0.818. The first-order valence-electron chi connectivity index (χ1n) is 7.34. The van der Waals surface area contributed by atoms with Crippen LogP contribution >= 0.6 is 11.8 Å². The third-order valence-corrected chi connectivity index (χ3v) is 5.34. The maximum Gasteiger partial charge on any atom is 0.236 e. The maximum absolute atomic E-state index is 12.5. The smallest absolute Gasteiger partial charge is 0.236 e. The third-order valence-electron chi connectivity index (χ3n) is 3.69. The number of nitrogens with zero attached hydrogens (tertiary/aromatic N) is 1. The fraction of sp³-hybridized carbons (Fsp3) is 0.562. The summed E-state index contributed by atoms with van der Waals surface area (Å²) in [6.07, 6.45) is 1.91. The van der Waals surface area contributed by atoms with Crippen molar-refractivity contribution in [2.24, 2.45) is 0 Å². The van der Waals surface area contributed by atoms with Crippen LogP contribution in [-0.2, 0) is 4.79 Å². The van der Waals surface area contributed by atoms with Crippen molar-refractivity contribution in [1.82, 2.24) is 10.2 Å². The lowest BCUT2D eigenvalue weighted by Crippen LogP contribution is -2.33. The van der Waals surface area contributed by atoms with Crippen molar-refractivity contribution in [2.45, 2.75) is 37.3 Å². The van der Waals surface area contributed by atoms with E-state index in [0.29, 0.717) is 5.91 Å². The Bertz CT molecular complexity index is 446. The fourth-order valence-electron chi connectivity index (χ4n) is 2.50. The molecule has 1 saturated heterocycles. The van der Waals surface area contributed by atoms with E-state index in [-0.39, 0.29) is 10.6 Å². The second-order valence-electron chi connectivity index (χ2n) is 5.28. The summed E-state index contributed by atoms with van der Waals surface area (Å²) in [5, 5.41) is 3.46. The zero-order valence-electron chi connectivity index (χ0n) is 12.6. The highest BCUT2D eigenvalue weighted by atomic mass is 32.2. The molecule has 1 amide bonds. The summed E-state index contributed by atoms with van der Waals surface area (Å²) in [5.74, 6) is 0.305. The predicted octanol–water partition coefficient (Wildman–Crippen LogP) is 2.96. The minimum Gasteiger partial charge on any atom is -0.326 e. The van der Waals surface area contributed by atoms with E-state index in [1.54, 1.807) is 11.8 Å². The first-order chi connectivity index (χ1) is 9.67. The minimum absolute atomic E-state index is 0.121. The lowest BCUT2D eigenvalue weighted by atomic mass is 10.1. The summed E-state index contributed by atoms with van der Waals surface area (Å²) >= 11 is 1.80. The van der Waals surface area contributed by atoms with Gasteiger partial charge in [-0.2, -0.15) is 0 Å². The Labute approximate surface area is 126 Å². The van der Waals surface area contributed by atoms with Crippen LogP contribution in [0.3, 0.4) is 0 Å². The van der Waals surface area contributed by atoms with Crippen LogP contribution in [0, 0.1) is 6.92 Å². The Morgan fingerprint density at radius 1 is 1.30 bits per heavy atom. The Hall–Kier alpha value is -1.00. The summed E-state index contributed by atoms with van der Waals surface area (Å²) in [4.78, 5) is 14.5. The molecular formula is C16H24N2OS. The second-order valence-corrected chi connectivity index (χ2v) is 6.57. The highest BCUT2D eigenvalue weighted by molar-refractivity contribution is 8.01. The van der Waals surface area contributed by atoms with Gasteiger partial charge in [-0.15, -0.1) is 11.8 Å². The van der Waals surface area contributed by atoms with Crippen LogP contribution in [0.4, 0.5) is 0 Å². The van der Waals surface area contributed by atoms with Crippen LogP contribution in [0.25, 0.3) is 0 Å². The first-order valence-corrected chi connectivity index (χ1v) is 8.28. The lowest BCUT2D eigenvalue weighted by molar-refractivity contribution is -0.130. The number of thioether (sulfide) groups is 1. The van der Waals surface area contributed by atoms with E-state index in [2.05, 4.69) is 48.3 Å². The Balaban J connectivity index is 2.15. The average molecular weight is 292 g/mol. The van der Waals surface area contributed by atoms with Gasteiger partial charge in [0.25, 0.3) is 0 Å². The molecule has 1 fully saturated rings. The molecule has 20 heavy (non-hydrogen) atoms. The standard InChI is InChI=1S/C16H24N2OS/c1-4-14-15(19)18(11-5-10-17-3)16(20-14)13-8-6-12(2)7-9-13/h6-9,14,16-17H,4-5,10-11H2,1-3H3/t14-,16+/m1/s1. The number of aryl methyl sites for hydroxylation is 1. The molecule has 1 aliphatic heterocycles. The molecule has 2 atom stereocenters. The number of hydrogen-bond donors (Lipinski definition) is 1. The molecule has 0 unspecified atom stereocenters. The molecule has 0 radical (unpaired) electrons. The average Bonchev–Trinajstić information content (AvgIpc) is 2.77. The van der Waals surface area contributed by atoms with Crippen LogP contribution in [0.15, 0.2) is 24.3 Å². The molecule has 2 rings (SSSR count). The van der Waals surface area contributed by atoms with Crippen molar-refractivity contribution < 1.29 is 4.79 Å². The number of nitrogens with one attached hydrogen (secondary N) is 1. The number of rotatable bonds is 6. The molecule has 0 aliphatic carbocycles. The largest absolute Gasteiger partial charge is 0.326 e. The molecule has 3 nitrogen and oxygen atoms in total. The Morgan fingerprint density at radius 3 is 2.60 bits per heavy atom. The van der Waals surface area contributed by atoms with Crippen molar-refractivity contribution in [3.05, 3.63) is 35.4 Å². The van der Waals surface area contributed by atoms with Crippen molar-refractivity contribution in [1.29, 1.82) is 0 Å². The van der Waals surface area contributed by atoms with Crippen LogP contribution in [-0.4, -0.2) is 36.2 Å². The van der Waals surface area contributed by atoms with Crippen molar-refractivity contribution >= 4 is 17.7 Å². The highest BCUT2D eigenvalue weighted by Crippen LogP contribution is 2.44. The summed E-state index contributed by atoms with van der Waals surface area (Å²) < 4.78 is 0. The Morgan fingerprint density at radius 2 is 2.00 bits per heavy atom. The van der Waals surface area contributed by atoms with Crippen molar-refractivity contribution in [3.63, 3.8) is 0 Å². The van der Waals surface area contributed by atoms with Crippen molar-refractivity contribution in [2.75, 3.05) is 20.1 Å². The second kappa shape index (κ2) is 7.14. The number of carbonyl (C=O) groups excluding carboxylic acids is 1. The molecule has 4 heteroatoms. The van der Waals surface area contributed by atoms with Gasteiger partial charge >= 0.3 is 0 Å². The van der Waals surface area contributed by atoms with Gasteiger partial charge in [0.15, 0.2) is 0 Å². The predicted molar refractivity (Wildman–Crippen MR) is 85.8 cm³/mol. The molecule has 110 valence electrons. The van der Waals surface area contributed by atoms with Gasteiger partial charge in [-0.1, -0.05) is 36.8 Å². The van der Waals surface area contributed by atoms with Crippen LogP contribution in [0.1, 0.15) is 36.3 Å². The van der Waals surface area contributed by atoms with Crippen molar-refractivity contribution in [3.8, 4) is 0 Å². The van der Waals surface area contributed by atoms with Gasteiger partial charge in [-0.05, 0) is 38.9 Å². The van der Waals surface area contributed by atoms with Gasteiger partial charge in [0.2, 0.25) is 5.91 Å². The minimum atomic E-state index is 0.121. The van der Waals surface area contributed by atoms with Gasteiger partial charge in [-0.3, -0.25) is 4.79 Å². The third kappa shape index (κ3) is 3.36. The van der Waals surface area contributed by atoms with Gasteiger partial charge in [0.05, 0.1) is 5.25 Å². The monoisotopic (exact) mass is 292 g/mol. The lowest BCUT2D eigenvalue weighted by Gasteiger charge is -2.24. The molecule has 1 N–H and O–H groups in total. The molecule has 1 heterocycles. The molecule has 0 aromatic heterocycles. The fourth-order valence-corrected chi connectivity index (χ4v) is 3.93. The van der Waals surface area contributed by atoms with E-state index in [4.69, 9.17) is 0 Å². The Kier molecular flexibility index (Phi) is 5.49. The zero-order chi connectivity index (χ0) is 14.5. The SMILES string of the molecule is CC[C@H]1S[C@@H](c2ccc(C)cc2)N(CCCNC)C1=O. The topological polar surface area (TPSA) is 32.3 Å². The van der Waals surface area contributed by atoms with Gasteiger partial charge in [0.1, 0.15) is 5.37 Å². The molecular weight excluding hydrogens is 268 g/mol. The molecule has 0 saturated carbocycles.